The second-order valence-electron chi connectivity index (χ2n) is 6.92. The van der Waals surface area contributed by atoms with Crippen molar-refractivity contribution in [3.63, 3.8) is 0 Å². The van der Waals surface area contributed by atoms with Crippen molar-refractivity contribution in [1.82, 2.24) is 0 Å². The number of para-hydroxylation sites is 1. The molecule has 0 atom stereocenters. The smallest absolute Gasteiger partial charge is 0.344 e. The number of benzene rings is 4. The molecule has 4 aromatic carbocycles. The zero-order chi connectivity index (χ0) is 22.2. The van der Waals surface area contributed by atoms with Crippen molar-refractivity contribution in [1.29, 1.82) is 0 Å². The van der Waals surface area contributed by atoms with E-state index in [0.717, 1.165) is 20.6 Å². The molecule has 0 aliphatic carbocycles. The van der Waals surface area contributed by atoms with Crippen molar-refractivity contribution >= 4 is 40.1 Å². The van der Waals surface area contributed by atoms with E-state index in [0.29, 0.717) is 11.4 Å². The summed E-state index contributed by atoms with van der Waals surface area (Å²) in [5.74, 6) is -0.456. The monoisotopic (exact) mass is 443 g/mol. The van der Waals surface area contributed by atoms with E-state index >= 15 is 0 Å². The molecule has 4 rings (SSSR count). The number of hydrogen-bond donors (Lipinski definition) is 1. The first-order valence-electron chi connectivity index (χ1n) is 10.1. The third kappa shape index (κ3) is 5.89. The van der Waals surface area contributed by atoms with E-state index in [9.17, 15) is 9.59 Å². The molecule has 6 heteroatoms. The number of fused-ring (bicyclic) bond motifs is 1. The lowest BCUT2D eigenvalue weighted by Crippen LogP contribution is -2.23. The third-order valence-electron chi connectivity index (χ3n) is 4.57. The van der Waals surface area contributed by atoms with Crippen molar-refractivity contribution < 1.29 is 19.1 Å². The number of esters is 1. The molecule has 0 saturated carbocycles. The van der Waals surface area contributed by atoms with Crippen molar-refractivity contribution in [3.8, 4) is 5.75 Å². The first kappa shape index (κ1) is 21.5. The predicted octanol–water partition coefficient (Wildman–Crippen LogP) is 5.55. The normalized spacial score (nSPS) is 10.5. The molecule has 0 aliphatic rings. The van der Waals surface area contributed by atoms with Crippen LogP contribution in [0, 0.1) is 0 Å². The van der Waals surface area contributed by atoms with Crippen molar-refractivity contribution in [3.05, 3.63) is 97.1 Å². The summed E-state index contributed by atoms with van der Waals surface area (Å²) in [7, 11) is 0. The number of carbonyl (C=O) groups is 2. The maximum atomic E-state index is 12.3. The molecule has 32 heavy (non-hydrogen) atoms. The van der Waals surface area contributed by atoms with Gasteiger partial charge in [-0.1, -0.05) is 72.4 Å². The molecule has 0 radical (unpaired) electrons. The van der Waals surface area contributed by atoms with Crippen LogP contribution in [-0.4, -0.2) is 25.1 Å². The van der Waals surface area contributed by atoms with Crippen LogP contribution in [0.3, 0.4) is 0 Å². The minimum absolute atomic E-state index is 0.272. The quantitative estimate of drug-likeness (QED) is 0.362. The standard InChI is InChI=1S/C26H21NO4S/c28-25(27-23-12-6-7-13-24(23)32-22-10-2-1-3-11-22)17-31-26(29)18-30-21-15-14-19-8-4-5-9-20(19)16-21/h1-16H,17-18H2,(H,27,28). The highest BCUT2D eigenvalue weighted by Crippen LogP contribution is 2.33. The number of nitrogens with one attached hydrogen (secondary N) is 1. The van der Waals surface area contributed by atoms with Gasteiger partial charge >= 0.3 is 5.97 Å². The van der Waals surface area contributed by atoms with Gasteiger partial charge in [0.1, 0.15) is 5.75 Å². The molecule has 1 amide bonds. The molecule has 0 saturated heterocycles. The molecular formula is C26H21NO4S. The van der Waals surface area contributed by atoms with Gasteiger partial charge in [-0.2, -0.15) is 0 Å². The topological polar surface area (TPSA) is 64.6 Å². The number of anilines is 1. The summed E-state index contributed by atoms with van der Waals surface area (Å²) >= 11 is 1.54. The Kier molecular flexibility index (Phi) is 7.05. The maximum absolute atomic E-state index is 12.3. The number of hydrogen-bond acceptors (Lipinski definition) is 5. The molecule has 1 N–H and O–H groups in total. The molecule has 0 aliphatic heterocycles. The highest BCUT2D eigenvalue weighted by Gasteiger charge is 2.11. The summed E-state index contributed by atoms with van der Waals surface area (Å²) in [6.07, 6.45) is 0. The van der Waals surface area contributed by atoms with Gasteiger partial charge in [0.25, 0.3) is 5.91 Å². The Hall–Kier alpha value is -3.77. The summed E-state index contributed by atoms with van der Waals surface area (Å²) in [5, 5.41) is 4.91. The summed E-state index contributed by atoms with van der Waals surface area (Å²) < 4.78 is 10.6. The van der Waals surface area contributed by atoms with Crippen LogP contribution in [0.15, 0.2) is 107 Å². The van der Waals surface area contributed by atoms with Crippen LogP contribution in [-0.2, 0) is 14.3 Å². The second kappa shape index (κ2) is 10.5. The summed E-state index contributed by atoms with van der Waals surface area (Å²) in [6.45, 7) is -0.656. The Labute approximate surface area is 190 Å². The average Bonchev–Trinajstić information content (AvgIpc) is 2.83. The number of amides is 1. The second-order valence-corrected chi connectivity index (χ2v) is 8.03. The minimum atomic E-state index is -0.611. The zero-order valence-electron chi connectivity index (χ0n) is 17.2. The fourth-order valence-electron chi connectivity index (χ4n) is 3.05. The molecule has 0 bridgehead atoms. The Morgan fingerprint density at radius 2 is 1.47 bits per heavy atom. The van der Waals surface area contributed by atoms with Crippen LogP contribution in [0.2, 0.25) is 0 Å². The lowest BCUT2D eigenvalue weighted by molar-refractivity contribution is -0.149. The zero-order valence-corrected chi connectivity index (χ0v) is 18.0. The fraction of sp³-hybridized carbons (Fsp3) is 0.0769. The first-order valence-corrected chi connectivity index (χ1v) is 10.9. The molecule has 0 unspecified atom stereocenters. The van der Waals surface area contributed by atoms with Gasteiger partial charge < -0.3 is 14.8 Å². The van der Waals surface area contributed by atoms with Crippen molar-refractivity contribution in [2.75, 3.05) is 18.5 Å². The molecule has 0 spiro atoms. The predicted molar refractivity (Wildman–Crippen MR) is 126 cm³/mol. The lowest BCUT2D eigenvalue weighted by atomic mass is 10.1. The average molecular weight is 444 g/mol. The van der Waals surface area contributed by atoms with E-state index in [2.05, 4.69) is 5.32 Å². The molecule has 0 fully saturated rings. The highest BCUT2D eigenvalue weighted by molar-refractivity contribution is 7.99. The number of rotatable bonds is 8. The van der Waals surface area contributed by atoms with Crippen LogP contribution in [0.5, 0.6) is 5.75 Å². The van der Waals surface area contributed by atoms with E-state index in [1.807, 2.05) is 91.0 Å². The Bertz CT molecular complexity index is 1230. The molecule has 4 aromatic rings. The van der Waals surface area contributed by atoms with Gasteiger partial charge in [-0.3, -0.25) is 4.79 Å². The molecular weight excluding hydrogens is 422 g/mol. The van der Waals surface area contributed by atoms with Gasteiger partial charge in [0.05, 0.1) is 5.69 Å². The van der Waals surface area contributed by atoms with Gasteiger partial charge in [0, 0.05) is 9.79 Å². The van der Waals surface area contributed by atoms with Gasteiger partial charge in [-0.25, -0.2) is 4.79 Å². The van der Waals surface area contributed by atoms with Gasteiger partial charge in [0.15, 0.2) is 13.2 Å². The molecule has 0 heterocycles. The largest absolute Gasteiger partial charge is 0.482 e. The van der Waals surface area contributed by atoms with Crippen LogP contribution in [0.4, 0.5) is 5.69 Å². The van der Waals surface area contributed by atoms with E-state index in [1.165, 1.54) is 0 Å². The van der Waals surface area contributed by atoms with Crippen LogP contribution in [0.25, 0.3) is 10.8 Å². The number of carbonyl (C=O) groups excluding carboxylic acids is 2. The fourth-order valence-corrected chi connectivity index (χ4v) is 3.97. The van der Waals surface area contributed by atoms with Crippen LogP contribution >= 0.6 is 11.8 Å². The number of ether oxygens (including phenoxy) is 2. The van der Waals surface area contributed by atoms with Crippen LogP contribution < -0.4 is 10.1 Å². The first-order chi connectivity index (χ1) is 15.7. The van der Waals surface area contributed by atoms with Gasteiger partial charge in [-0.05, 0) is 47.2 Å². The maximum Gasteiger partial charge on any atom is 0.344 e. The van der Waals surface area contributed by atoms with Gasteiger partial charge in [-0.15, -0.1) is 0 Å². The molecule has 5 nitrogen and oxygen atoms in total. The van der Waals surface area contributed by atoms with Crippen LogP contribution in [0.1, 0.15) is 0 Å². The van der Waals surface area contributed by atoms with Crippen molar-refractivity contribution in [2.45, 2.75) is 9.79 Å². The Morgan fingerprint density at radius 3 is 2.31 bits per heavy atom. The third-order valence-corrected chi connectivity index (χ3v) is 5.66. The summed E-state index contributed by atoms with van der Waals surface area (Å²) in [5.41, 5.74) is 0.662. The van der Waals surface area contributed by atoms with Gasteiger partial charge in [0.2, 0.25) is 0 Å². The highest BCUT2D eigenvalue weighted by atomic mass is 32.2. The Morgan fingerprint density at radius 1 is 0.750 bits per heavy atom. The van der Waals surface area contributed by atoms with E-state index in [-0.39, 0.29) is 13.2 Å². The summed E-state index contributed by atoms with van der Waals surface area (Å²) in [4.78, 5) is 26.3. The van der Waals surface area contributed by atoms with E-state index < -0.39 is 11.9 Å². The van der Waals surface area contributed by atoms with Crippen molar-refractivity contribution in [2.24, 2.45) is 0 Å². The Balaban J connectivity index is 1.27. The lowest BCUT2D eigenvalue weighted by Gasteiger charge is -2.11. The summed E-state index contributed by atoms with van der Waals surface area (Å²) in [6, 6.07) is 30.8. The SMILES string of the molecule is O=C(COC(=O)COc1ccc2ccccc2c1)Nc1ccccc1Sc1ccccc1. The molecule has 0 aromatic heterocycles. The minimum Gasteiger partial charge on any atom is -0.482 e. The van der Waals surface area contributed by atoms with E-state index in [4.69, 9.17) is 9.47 Å². The van der Waals surface area contributed by atoms with E-state index in [1.54, 1.807) is 17.8 Å². The molecule has 160 valence electrons.